The highest BCUT2D eigenvalue weighted by Gasteiger charge is 2.42. The van der Waals surface area contributed by atoms with Crippen LogP contribution in [0.25, 0.3) is 5.82 Å². The molecule has 6 rings (SSSR count). The summed E-state index contributed by atoms with van der Waals surface area (Å²) in [5.41, 5.74) is 4.05. The summed E-state index contributed by atoms with van der Waals surface area (Å²) in [6, 6.07) is 29.4. The molecule has 188 valence electrons. The topological polar surface area (TPSA) is 55.2 Å². The highest BCUT2D eigenvalue weighted by atomic mass is 35.5. The number of benzene rings is 2. The van der Waals surface area contributed by atoms with Gasteiger partial charge in [-0.25, -0.2) is 4.98 Å². The molecule has 1 saturated heterocycles. The maximum Gasteiger partial charge on any atom is 0.174 e. The Balaban J connectivity index is 1.38. The van der Waals surface area contributed by atoms with E-state index in [0.29, 0.717) is 10.1 Å². The lowest BCUT2D eigenvalue weighted by Crippen LogP contribution is -2.30. The summed E-state index contributed by atoms with van der Waals surface area (Å²) in [6.45, 7) is 2.06. The Morgan fingerprint density at radius 1 is 0.868 bits per heavy atom. The van der Waals surface area contributed by atoms with Gasteiger partial charge in [0, 0.05) is 30.0 Å². The number of ether oxygens (including phenoxy) is 1. The zero-order valence-corrected chi connectivity index (χ0v) is 22.1. The van der Waals surface area contributed by atoms with Gasteiger partial charge in [-0.2, -0.15) is 0 Å². The molecule has 38 heavy (non-hydrogen) atoms. The molecule has 0 spiro atoms. The van der Waals surface area contributed by atoms with Crippen LogP contribution in [0.4, 0.5) is 5.69 Å². The third kappa shape index (κ3) is 4.74. The normalized spacial score (nSPS) is 16.9. The summed E-state index contributed by atoms with van der Waals surface area (Å²) < 4.78 is 8.12. The van der Waals surface area contributed by atoms with Crippen molar-refractivity contribution in [3.63, 3.8) is 0 Å². The number of nitrogens with one attached hydrogen (secondary N) is 1. The van der Waals surface area contributed by atoms with Crippen LogP contribution in [0, 0.1) is 6.92 Å². The number of aromatic nitrogens is 3. The maximum absolute atomic E-state index is 6.11. The van der Waals surface area contributed by atoms with Gasteiger partial charge in [0.2, 0.25) is 0 Å². The van der Waals surface area contributed by atoms with E-state index in [2.05, 4.69) is 37.7 Å². The number of pyridine rings is 2. The third-order valence-electron chi connectivity index (χ3n) is 6.51. The highest BCUT2D eigenvalue weighted by molar-refractivity contribution is 7.80. The van der Waals surface area contributed by atoms with Crippen LogP contribution in [-0.4, -0.2) is 19.6 Å². The zero-order chi connectivity index (χ0) is 26.1. The zero-order valence-electron chi connectivity index (χ0n) is 20.5. The molecular formula is C30H24ClN5OS. The Morgan fingerprint density at radius 3 is 2.32 bits per heavy atom. The standard InChI is InChI=1S/C30H24ClN5OS/c1-20-7-12-23(13-8-20)37-24-14-10-22(11-15-24)36-29(28(34-30(36)38)25-5-2-3-17-32-25)26-6-4-18-35(26)27-16-9-21(31)19-33-27/h2-19,28-29H,1H3,(H,34,38)/t28-,29-/m1/s1. The van der Waals surface area contributed by atoms with Crippen molar-refractivity contribution in [2.24, 2.45) is 0 Å². The van der Waals surface area contributed by atoms with Crippen molar-refractivity contribution >= 4 is 34.6 Å². The Kier molecular flexibility index (Phi) is 6.54. The molecule has 0 amide bonds. The van der Waals surface area contributed by atoms with Crippen molar-refractivity contribution in [3.05, 3.63) is 132 Å². The monoisotopic (exact) mass is 537 g/mol. The smallest absolute Gasteiger partial charge is 0.174 e. The van der Waals surface area contributed by atoms with Gasteiger partial charge in [0.15, 0.2) is 5.11 Å². The highest BCUT2D eigenvalue weighted by Crippen LogP contribution is 2.42. The fraction of sp³-hybridized carbons (Fsp3) is 0.100. The number of rotatable bonds is 6. The molecule has 2 atom stereocenters. The molecule has 1 N–H and O–H groups in total. The minimum atomic E-state index is -0.186. The minimum Gasteiger partial charge on any atom is -0.457 e. The average Bonchev–Trinajstić information content (AvgIpc) is 3.56. The van der Waals surface area contributed by atoms with Gasteiger partial charge in [-0.15, -0.1) is 0 Å². The Morgan fingerprint density at radius 2 is 1.63 bits per heavy atom. The van der Waals surface area contributed by atoms with Crippen molar-refractivity contribution in [3.8, 4) is 17.3 Å². The number of anilines is 1. The van der Waals surface area contributed by atoms with Crippen molar-refractivity contribution < 1.29 is 4.74 Å². The summed E-state index contributed by atoms with van der Waals surface area (Å²) in [7, 11) is 0. The summed E-state index contributed by atoms with van der Waals surface area (Å²) >= 11 is 12.0. The molecule has 0 unspecified atom stereocenters. The molecule has 6 nitrogen and oxygen atoms in total. The quantitative estimate of drug-likeness (QED) is 0.231. The van der Waals surface area contributed by atoms with E-state index >= 15 is 0 Å². The molecule has 1 aliphatic rings. The van der Waals surface area contributed by atoms with E-state index < -0.39 is 0 Å². The number of aryl methyl sites for hydroxylation is 1. The number of halogens is 1. The lowest BCUT2D eigenvalue weighted by Gasteiger charge is -2.29. The molecule has 1 aliphatic heterocycles. The van der Waals surface area contributed by atoms with Gasteiger partial charge in [0.1, 0.15) is 23.4 Å². The van der Waals surface area contributed by atoms with Gasteiger partial charge in [0.05, 0.1) is 16.8 Å². The predicted molar refractivity (Wildman–Crippen MR) is 154 cm³/mol. The van der Waals surface area contributed by atoms with E-state index in [1.165, 1.54) is 5.56 Å². The molecule has 4 heterocycles. The Bertz CT molecular complexity index is 1550. The van der Waals surface area contributed by atoms with Crippen LogP contribution in [0.1, 0.15) is 29.0 Å². The van der Waals surface area contributed by atoms with Gasteiger partial charge in [-0.05, 0) is 91.9 Å². The SMILES string of the molecule is Cc1ccc(Oc2ccc(N3C(=S)N[C@H](c4ccccn4)[C@H]3c3cccn3-c3ccc(Cl)cn3)cc2)cc1. The van der Waals surface area contributed by atoms with Crippen molar-refractivity contribution in [2.45, 2.75) is 19.0 Å². The maximum atomic E-state index is 6.11. The second-order valence-electron chi connectivity index (χ2n) is 9.04. The minimum absolute atomic E-state index is 0.173. The first kappa shape index (κ1) is 24.2. The summed E-state index contributed by atoms with van der Waals surface area (Å²) in [6.07, 6.45) is 5.45. The van der Waals surface area contributed by atoms with Gasteiger partial charge in [-0.1, -0.05) is 35.4 Å². The van der Waals surface area contributed by atoms with Crippen LogP contribution in [-0.2, 0) is 0 Å². The first-order valence-electron chi connectivity index (χ1n) is 12.2. The molecular weight excluding hydrogens is 514 g/mol. The molecule has 0 saturated carbocycles. The third-order valence-corrected chi connectivity index (χ3v) is 7.05. The van der Waals surface area contributed by atoms with Crippen molar-refractivity contribution in [1.82, 2.24) is 19.9 Å². The first-order valence-corrected chi connectivity index (χ1v) is 13.0. The molecule has 3 aromatic heterocycles. The summed E-state index contributed by atoms with van der Waals surface area (Å²) in [5, 5.41) is 4.72. The second-order valence-corrected chi connectivity index (χ2v) is 9.87. The number of thiocarbonyl (C=S) groups is 1. The van der Waals surface area contributed by atoms with Crippen molar-refractivity contribution in [1.29, 1.82) is 0 Å². The van der Waals surface area contributed by atoms with Crippen LogP contribution < -0.4 is 15.0 Å². The van der Waals surface area contributed by atoms with E-state index in [1.807, 2.05) is 91.1 Å². The Hall–Kier alpha value is -4.20. The molecule has 0 aliphatic carbocycles. The van der Waals surface area contributed by atoms with Crippen LogP contribution >= 0.6 is 23.8 Å². The first-order chi connectivity index (χ1) is 18.6. The summed E-state index contributed by atoms with van der Waals surface area (Å²) in [5.74, 6) is 2.32. The lowest BCUT2D eigenvalue weighted by molar-refractivity contribution is 0.482. The lowest BCUT2D eigenvalue weighted by atomic mass is 10.0. The van der Waals surface area contributed by atoms with E-state index in [1.54, 1.807) is 12.4 Å². The number of nitrogens with zero attached hydrogens (tertiary/aromatic N) is 4. The fourth-order valence-electron chi connectivity index (χ4n) is 4.70. The van der Waals surface area contributed by atoms with Crippen LogP contribution in [0.15, 0.2) is 110 Å². The van der Waals surface area contributed by atoms with Crippen molar-refractivity contribution in [2.75, 3.05) is 4.90 Å². The molecule has 5 aromatic rings. The van der Waals surface area contributed by atoms with Crippen LogP contribution in [0.2, 0.25) is 5.02 Å². The molecule has 0 radical (unpaired) electrons. The average molecular weight is 538 g/mol. The summed E-state index contributed by atoms with van der Waals surface area (Å²) in [4.78, 5) is 11.3. The van der Waals surface area contributed by atoms with Gasteiger partial charge < -0.3 is 19.5 Å². The molecule has 0 bridgehead atoms. The molecule has 2 aromatic carbocycles. The molecule has 1 fully saturated rings. The van der Waals surface area contributed by atoms with E-state index in [4.69, 9.17) is 28.6 Å². The van der Waals surface area contributed by atoms with Gasteiger partial charge in [0.25, 0.3) is 0 Å². The fourth-order valence-corrected chi connectivity index (χ4v) is 5.16. The number of hydrogen-bond donors (Lipinski definition) is 1. The van der Waals surface area contributed by atoms with Crippen LogP contribution in [0.5, 0.6) is 11.5 Å². The second kappa shape index (κ2) is 10.3. The van der Waals surface area contributed by atoms with E-state index in [9.17, 15) is 0 Å². The largest absolute Gasteiger partial charge is 0.457 e. The van der Waals surface area contributed by atoms with E-state index in [-0.39, 0.29) is 12.1 Å². The predicted octanol–water partition coefficient (Wildman–Crippen LogP) is 7.20. The Labute approximate surface area is 231 Å². The van der Waals surface area contributed by atoms with Crippen LogP contribution in [0.3, 0.4) is 0 Å². The number of hydrogen-bond acceptors (Lipinski definition) is 4. The van der Waals surface area contributed by atoms with E-state index in [0.717, 1.165) is 34.4 Å². The van der Waals surface area contributed by atoms with Gasteiger partial charge in [-0.3, -0.25) is 4.98 Å². The molecule has 8 heteroatoms. The van der Waals surface area contributed by atoms with Gasteiger partial charge >= 0.3 is 0 Å².